The maximum absolute atomic E-state index is 5.56. The van der Waals surface area contributed by atoms with Crippen LogP contribution in [0.2, 0.25) is 0 Å². The Morgan fingerprint density at radius 2 is 0.696 bits per heavy atom. The van der Waals surface area contributed by atoms with E-state index in [0.29, 0.717) is 5.82 Å². The first-order valence-corrected chi connectivity index (χ1v) is 27.8. The molecule has 0 spiro atoms. The van der Waals surface area contributed by atoms with Gasteiger partial charge < -0.3 is 9.80 Å². The van der Waals surface area contributed by atoms with Crippen molar-refractivity contribution in [3.8, 4) is 33.9 Å². The van der Waals surface area contributed by atoms with Crippen LogP contribution in [0.4, 0.5) is 34.1 Å². The molecule has 79 heavy (non-hydrogen) atoms. The second kappa shape index (κ2) is 16.6. The van der Waals surface area contributed by atoms with Gasteiger partial charge in [0.15, 0.2) is 5.82 Å². The third-order valence-electron chi connectivity index (χ3n) is 17.4. The number of aromatic nitrogens is 2. The maximum Gasteiger partial charge on any atom is 0.253 e. The summed E-state index contributed by atoms with van der Waals surface area (Å²) in [5.74, 6) is 0.671. The molecule has 0 bridgehead atoms. The summed E-state index contributed by atoms with van der Waals surface area (Å²) in [5, 5.41) is 15.3. The molecule has 0 unspecified atom stereocenters. The van der Waals surface area contributed by atoms with Gasteiger partial charge in [0.1, 0.15) is 0 Å². The number of rotatable bonds is 5. The van der Waals surface area contributed by atoms with E-state index in [0.717, 1.165) is 50.8 Å². The first-order chi connectivity index (χ1) is 38.4. The van der Waals surface area contributed by atoms with Crippen molar-refractivity contribution >= 4 is 122 Å². The van der Waals surface area contributed by atoms with E-state index >= 15 is 0 Å². The molecule has 2 aliphatic rings. The summed E-state index contributed by atoms with van der Waals surface area (Å²) in [5.41, 5.74) is 18.0. The molecule has 0 fully saturated rings. The Labute approximate surface area is 461 Å². The van der Waals surface area contributed by atoms with Gasteiger partial charge in [-0.1, -0.05) is 211 Å². The fourth-order valence-electron chi connectivity index (χ4n) is 13.6. The first-order valence-electron chi connectivity index (χ1n) is 27.8. The van der Waals surface area contributed by atoms with Gasteiger partial charge in [-0.15, -0.1) is 0 Å². The average Bonchev–Trinajstić information content (AvgIpc) is 2.41. The Morgan fingerprint density at radius 1 is 0.316 bits per heavy atom. The molecular formula is C74H55BN4. The highest BCUT2D eigenvalue weighted by atomic mass is 15.2. The predicted octanol–water partition coefficient (Wildman–Crippen LogP) is 17.9. The zero-order valence-corrected chi connectivity index (χ0v) is 45.2. The summed E-state index contributed by atoms with van der Waals surface area (Å²) in [6, 6.07) is 84.3. The highest BCUT2D eigenvalue weighted by molar-refractivity contribution is 7.03. The molecular weight excluding hydrogens is 956 g/mol. The second-order valence-corrected chi connectivity index (χ2v) is 24.2. The lowest BCUT2D eigenvalue weighted by atomic mass is 9.32. The van der Waals surface area contributed by atoms with Gasteiger partial charge >= 0.3 is 0 Å². The fourth-order valence-corrected chi connectivity index (χ4v) is 13.6. The minimum atomic E-state index is -0.176. The van der Waals surface area contributed by atoms with Crippen LogP contribution in [0.3, 0.4) is 0 Å². The van der Waals surface area contributed by atoms with Gasteiger partial charge in [-0.3, -0.25) is 0 Å². The zero-order valence-electron chi connectivity index (χ0n) is 45.2. The third-order valence-corrected chi connectivity index (χ3v) is 17.4. The summed E-state index contributed by atoms with van der Waals surface area (Å²) in [6.45, 7) is 13.6. The first kappa shape index (κ1) is 45.8. The standard InChI is InChI=1S/C74H55BN4/c1-73(2,3)53-29-33-55(34-30-53)78-61-39-50-25-23-46-19-13-21-48-27-37-57(67(50)65(46)48)69(61)75-70-58-38-28-49-22-14-20-47-24-26-51(68(58)66(47)49)40-62(70)79(56-35-31-54(32-36-56)74(4,5)6)64-42-52(41-63(78)71(64)75)72-76-59(44-15-9-7-10-16-44)43-60(77-72)45-17-11-8-12-18-45/h7-43H,1-6H3. The number of anilines is 6. The summed E-state index contributed by atoms with van der Waals surface area (Å²) >= 11 is 0. The van der Waals surface area contributed by atoms with Crippen molar-refractivity contribution in [3.05, 3.63) is 236 Å². The Bertz CT molecular complexity index is 4460. The predicted molar refractivity (Wildman–Crippen MR) is 337 cm³/mol. The number of hydrogen-bond acceptors (Lipinski definition) is 4. The van der Waals surface area contributed by atoms with E-state index in [1.807, 2.05) is 0 Å². The van der Waals surface area contributed by atoms with Crippen molar-refractivity contribution in [1.29, 1.82) is 0 Å². The lowest BCUT2D eigenvalue weighted by Gasteiger charge is -2.45. The van der Waals surface area contributed by atoms with Crippen LogP contribution in [-0.4, -0.2) is 16.7 Å². The van der Waals surface area contributed by atoms with Gasteiger partial charge in [0.05, 0.1) is 11.4 Å². The van der Waals surface area contributed by atoms with Crippen molar-refractivity contribution in [1.82, 2.24) is 9.97 Å². The van der Waals surface area contributed by atoms with Gasteiger partial charge in [0, 0.05) is 50.8 Å². The highest BCUT2D eigenvalue weighted by Crippen LogP contribution is 2.51. The van der Waals surface area contributed by atoms with Gasteiger partial charge in [0.2, 0.25) is 0 Å². The van der Waals surface area contributed by atoms with Crippen LogP contribution in [0.5, 0.6) is 0 Å². The molecule has 2 aliphatic heterocycles. The van der Waals surface area contributed by atoms with Crippen LogP contribution in [0, 0.1) is 0 Å². The van der Waals surface area contributed by atoms with Crippen molar-refractivity contribution in [2.24, 2.45) is 0 Å². The van der Waals surface area contributed by atoms with E-state index in [1.54, 1.807) is 0 Å². The van der Waals surface area contributed by atoms with Crippen LogP contribution < -0.4 is 26.2 Å². The van der Waals surface area contributed by atoms with Crippen molar-refractivity contribution in [3.63, 3.8) is 0 Å². The number of fused-ring (bicyclic) bond motifs is 6. The molecule has 0 atom stereocenters. The molecule has 0 aliphatic carbocycles. The number of nitrogens with zero attached hydrogens (tertiary/aromatic N) is 4. The smallest absolute Gasteiger partial charge is 0.253 e. The lowest BCUT2D eigenvalue weighted by Crippen LogP contribution is -2.61. The topological polar surface area (TPSA) is 32.3 Å². The monoisotopic (exact) mass is 1010 g/mol. The molecule has 0 saturated heterocycles. The molecule has 0 radical (unpaired) electrons. The molecule has 0 saturated carbocycles. The Kier molecular flexibility index (Phi) is 9.63. The van der Waals surface area contributed by atoms with Crippen molar-refractivity contribution < 1.29 is 0 Å². The highest BCUT2D eigenvalue weighted by Gasteiger charge is 2.46. The largest absolute Gasteiger partial charge is 0.311 e. The van der Waals surface area contributed by atoms with Crippen LogP contribution >= 0.6 is 0 Å². The van der Waals surface area contributed by atoms with E-state index in [9.17, 15) is 0 Å². The van der Waals surface area contributed by atoms with Crippen molar-refractivity contribution in [2.75, 3.05) is 9.80 Å². The van der Waals surface area contributed by atoms with E-state index in [2.05, 4.69) is 276 Å². The Morgan fingerprint density at radius 3 is 1.10 bits per heavy atom. The molecule has 5 heteroatoms. The lowest BCUT2D eigenvalue weighted by molar-refractivity contribution is 0.590. The van der Waals surface area contributed by atoms with Crippen LogP contribution in [0.15, 0.2) is 224 Å². The zero-order chi connectivity index (χ0) is 53.1. The quantitative estimate of drug-likeness (QED) is 0.127. The molecule has 4 nitrogen and oxygen atoms in total. The van der Waals surface area contributed by atoms with E-state index < -0.39 is 0 Å². The normalized spacial score (nSPS) is 13.4. The molecule has 3 heterocycles. The molecule has 14 aromatic rings. The fraction of sp³-hybridized carbons (Fsp3) is 0.108. The number of hydrogen-bond donors (Lipinski definition) is 0. The molecule has 16 rings (SSSR count). The van der Waals surface area contributed by atoms with Crippen LogP contribution in [-0.2, 0) is 10.8 Å². The Balaban J connectivity index is 1.09. The van der Waals surface area contributed by atoms with Gasteiger partial charge in [-0.2, -0.15) is 0 Å². The van der Waals surface area contributed by atoms with Gasteiger partial charge in [-0.05, 0) is 158 Å². The summed E-state index contributed by atoms with van der Waals surface area (Å²) < 4.78 is 0. The third kappa shape index (κ3) is 6.88. The van der Waals surface area contributed by atoms with Crippen LogP contribution in [0.25, 0.3) is 98.5 Å². The SMILES string of the molecule is CC(C)(C)c1ccc(N2c3cc(-c4nc(-c5ccccc5)cc(-c5ccccc5)n4)cc4c3B(c3c2cc2ccc5cccc6ccc3c2c56)c2c(cc3ccc5cccc6ccc2c3c56)N4c2ccc(C(C)(C)C)cc2)cc1. The van der Waals surface area contributed by atoms with Gasteiger partial charge in [-0.25, -0.2) is 9.97 Å². The average molecular weight is 1010 g/mol. The van der Waals surface area contributed by atoms with E-state index in [4.69, 9.17) is 9.97 Å². The van der Waals surface area contributed by atoms with E-state index in [1.165, 1.54) is 104 Å². The molecule has 0 N–H and O–H groups in total. The second-order valence-electron chi connectivity index (χ2n) is 24.2. The minimum absolute atomic E-state index is 0.0293. The molecule has 374 valence electrons. The van der Waals surface area contributed by atoms with Crippen molar-refractivity contribution in [2.45, 2.75) is 52.4 Å². The number of benzene rings is 13. The Hall–Kier alpha value is -9.32. The minimum Gasteiger partial charge on any atom is -0.311 e. The van der Waals surface area contributed by atoms with Gasteiger partial charge in [0.25, 0.3) is 6.71 Å². The van der Waals surface area contributed by atoms with Crippen LogP contribution in [0.1, 0.15) is 52.7 Å². The summed E-state index contributed by atoms with van der Waals surface area (Å²) in [7, 11) is 0. The summed E-state index contributed by atoms with van der Waals surface area (Å²) in [4.78, 5) is 16.3. The maximum atomic E-state index is 5.56. The molecule has 1 aromatic heterocycles. The van der Waals surface area contributed by atoms with E-state index in [-0.39, 0.29) is 17.5 Å². The summed E-state index contributed by atoms with van der Waals surface area (Å²) in [6.07, 6.45) is 0. The molecule has 13 aromatic carbocycles. The molecule has 0 amide bonds.